The number of hydrogen-bond acceptors (Lipinski definition) is 5. The molecular formula is C19H16N4O4. The largest absolute Gasteiger partial charge is 0.331 e. The van der Waals surface area contributed by atoms with Crippen molar-refractivity contribution in [2.75, 3.05) is 5.32 Å². The Labute approximate surface area is 154 Å². The molecule has 0 fully saturated rings. The zero-order valence-electron chi connectivity index (χ0n) is 14.7. The molecule has 0 aliphatic rings. The second-order valence-electron chi connectivity index (χ2n) is 5.95. The predicted octanol–water partition coefficient (Wildman–Crippen LogP) is 3.12. The fourth-order valence-corrected chi connectivity index (χ4v) is 2.70. The monoisotopic (exact) mass is 364 g/mol. The Balaban J connectivity index is 1.81. The van der Waals surface area contributed by atoms with Crippen LogP contribution in [0.5, 0.6) is 0 Å². The van der Waals surface area contributed by atoms with Crippen LogP contribution in [0.3, 0.4) is 0 Å². The third kappa shape index (κ3) is 3.59. The van der Waals surface area contributed by atoms with Gasteiger partial charge in [-0.25, -0.2) is 4.98 Å². The third-order valence-electron chi connectivity index (χ3n) is 4.09. The summed E-state index contributed by atoms with van der Waals surface area (Å²) in [5.41, 5.74) is 1.00. The van der Waals surface area contributed by atoms with Crippen LogP contribution in [-0.2, 0) is 7.05 Å². The number of hydrogen-bond donors (Lipinski definition) is 1. The summed E-state index contributed by atoms with van der Waals surface area (Å²) >= 11 is 0. The van der Waals surface area contributed by atoms with Crippen LogP contribution in [0.25, 0.3) is 0 Å². The van der Waals surface area contributed by atoms with Gasteiger partial charge in [-0.15, -0.1) is 0 Å². The second kappa shape index (κ2) is 7.20. The number of imidazole rings is 1. The number of nitro groups is 1. The van der Waals surface area contributed by atoms with E-state index in [0.717, 1.165) is 0 Å². The molecule has 1 heterocycles. The fraction of sp³-hybridized carbons (Fsp3) is 0.105. The van der Waals surface area contributed by atoms with E-state index in [0.29, 0.717) is 22.6 Å². The Bertz CT molecular complexity index is 1040. The minimum absolute atomic E-state index is 0.0202. The van der Waals surface area contributed by atoms with Crippen LogP contribution in [0.1, 0.15) is 32.1 Å². The van der Waals surface area contributed by atoms with Crippen LogP contribution in [0.15, 0.2) is 54.9 Å². The number of rotatable bonds is 5. The number of nitro benzene ring substituents is 1. The van der Waals surface area contributed by atoms with Gasteiger partial charge in [-0.2, -0.15) is 0 Å². The van der Waals surface area contributed by atoms with Gasteiger partial charge in [0.2, 0.25) is 5.78 Å². The minimum Gasteiger partial charge on any atom is -0.331 e. The summed E-state index contributed by atoms with van der Waals surface area (Å²) in [6, 6.07) is 10.8. The molecule has 0 saturated heterocycles. The maximum atomic E-state index is 12.4. The normalized spacial score (nSPS) is 10.4. The standard InChI is InChI=1S/C19H16N4O4/c1-12-4-3-5-15(16(12)23(26)27)19(25)21-14-8-6-13(7-9-14)17(24)18-20-10-11-22(18)2/h3-11H,1-2H3,(H,21,25). The van der Waals surface area contributed by atoms with Crippen LogP contribution < -0.4 is 5.32 Å². The quantitative estimate of drug-likeness (QED) is 0.425. The highest BCUT2D eigenvalue weighted by molar-refractivity contribution is 6.09. The van der Waals surface area contributed by atoms with E-state index in [-0.39, 0.29) is 17.0 Å². The molecule has 1 amide bonds. The lowest BCUT2D eigenvalue weighted by atomic mass is 10.1. The number of ketones is 1. The molecule has 0 aliphatic carbocycles. The van der Waals surface area contributed by atoms with Gasteiger partial charge in [-0.1, -0.05) is 12.1 Å². The summed E-state index contributed by atoms with van der Waals surface area (Å²) < 4.78 is 1.62. The van der Waals surface area contributed by atoms with Crippen LogP contribution in [0, 0.1) is 17.0 Å². The van der Waals surface area contributed by atoms with Gasteiger partial charge in [0.1, 0.15) is 5.56 Å². The van der Waals surface area contributed by atoms with E-state index in [9.17, 15) is 19.7 Å². The molecule has 27 heavy (non-hydrogen) atoms. The van der Waals surface area contributed by atoms with Gasteiger partial charge in [-0.3, -0.25) is 19.7 Å². The zero-order chi connectivity index (χ0) is 19.6. The van der Waals surface area contributed by atoms with Crippen LogP contribution in [-0.4, -0.2) is 26.2 Å². The molecule has 0 saturated carbocycles. The number of carbonyl (C=O) groups is 2. The molecule has 0 atom stereocenters. The first-order valence-electron chi connectivity index (χ1n) is 8.06. The summed E-state index contributed by atoms with van der Waals surface area (Å²) in [7, 11) is 1.73. The van der Waals surface area contributed by atoms with Crippen LogP contribution in [0.4, 0.5) is 11.4 Å². The number of nitrogens with one attached hydrogen (secondary N) is 1. The van der Waals surface area contributed by atoms with Gasteiger partial charge in [0.15, 0.2) is 5.82 Å². The second-order valence-corrected chi connectivity index (χ2v) is 5.95. The van der Waals surface area contributed by atoms with Crippen molar-refractivity contribution in [3.63, 3.8) is 0 Å². The van der Waals surface area contributed by atoms with Crippen molar-refractivity contribution in [2.24, 2.45) is 7.05 Å². The maximum absolute atomic E-state index is 12.4. The number of benzene rings is 2. The van der Waals surface area contributed by atoms with Crippen molar-refractivity contribution in [2.45, 2.75) is 6.92 Å². The highest BCUT2D eigenvalue weighted by atomic mass is 16.6. The highest BCUT2D eigenvalue weighted by Crippen LogP contribution is 2.24. The van der Waals surface area contributed by atoms with E-state index in [4.69, 9.17) is 0 Å². The van der Waals surface area contributed by atoms with Crippen LogP contribution in [0.2, 0.25) is 0 Å². The van der Waals surface area contributed by atoms with Gasteiger partial charge in [0, 0.05) is 36.3 Å². The average Bonchev–Trinajstić information content (AvgIpc) is 3.07. The molecule has 0 aliphatic heterocycles. The topological polar surface area (TPSA) is 107 Å². The van der Waals surface area contributed by atoms with Gasteiger partial charge < -0.3 is 9.88 Å². The van der Waals surface area contributed by atoms with Gasteiger partial charge in [0.25, 0.3) is 11.6 Å². The number of anilines is 1. The van der Waals surface area contributed by atoms with Crippen molar-refractivity contribution in [1.82, 2.24) is 9.55 Å². The van der Waals surface area contributed by atoms with E-state index in [1.165, 1.54) is 12.3 Å². The lowest BCUT2D eigenvalue weighted by molar-refractivity contribution is -0.385. The molecule has 3 rings (SSSR count). The molecule has 3 aromatic rings. The van der Waals surface area contributed by atoms with E-state index in [1.807, 2.05) is 0 Å². The third-order valence-corrected chi connectivity index (χ3v) is 4.09. The SMILES string of the molecule is Cc1cccc(C(=O)Nc2ccc(C(=O)c3nccn3C)cc2)c1[N+](=O)[O-]. The molecule has 8 heteroatoms. The van der Waals surface area contributed by atoms with Crippen LogP contribution >= 0.6 is 0 Å². The molecule has 0 bridgehead atoms. The average molecular weight is 364 g/mol. The number of nitrogens with zero attached hydrogens (tertiary/aromatic N) is 3. The van der Waals surface area contributed by atoms with Crippen molar-refractivity contribution in [3.05, 3.63) is 87.5 Å². The number of carbonyl (C=O) groups excluding carboxylic acids is 2. The van der Waals surface area contributed by atoms with Gasteiger partial charge in [0.05, 0.1) is 4.92 Å². The summed E-state index contributed by atoms with van der Waals surface area (Å²) in [5, 5.41) is 13.9. The predicted molar refractivity (Wildman–Crippen MR) is 98.9 cm³/mol. The maximum Gasteiger partial charge on any atom is 0.285 e. The van der Waals surface area contributed by atoms with E-state index in [2.05, 4.69) is 10.3 Å². The van der Waals surface area contributed by atoms with Crippen molar-refractivity contribution >= 4 is 23.1 Å². The Hall–Kier alpha value is -3.81. The fourth-order valence-electron chi connectivity index (χ4n) is 2.70. The first kappa shape index (κ1) is 18.0. The Kier molecular flexibility index (Phi) is 4.80. The Morgan fingerprint density at radius 2 is 1.85 bits per heavy atom. The number of aryl methyl sites for hydroxylation is 2. The molecule has 0 radical (unpaired) electrons. The molecule has 0 unspecified atom stereocenters. The summed E-state index contributed by atoms with van der Waals surface area (Å²) in [6.07, 6.45) is 3.22. The van der Waals surface area contributed by atoms with E-state index >= 15 is 0 Å². The highest BCUT2D eigenvalue weighted by Gasteiger charge is 2.22. The van der Waals surface area contributed by atoms with Gasteiger partial charge >= 0.3 is 0 Å². The number of amides is 1. The van der Waals surface area contributed by atoms with E-state index < -0.39 is 10.8 Å². The lowest BCUT2D eigenvalue weighted by Crippen LogP contribution is -2.15. The zero-order valence-corrected chi connectivity index (χ0v) is 14.7. The van der Waals surface area contributed by atoms with Crippen molar-refractivity contribution < 1.29 is 14.5 Å². The minimum atomic E-state index is -0.589. The van der Waals surface area contributed by atoms with E-state index in [1.54, 1.807) is 61.1 Å². The molecule has 1 N–H and O–H groups in total. The first-order chi connectivity index (χ1) is 12.9. The smallest absolute Gasteiger partial charge is 0.285 e. The molecule has 136 valence electrons. The molecular weight excluding hydrogens is 348 g/mol. The Morgan fingerprint density at radius 3 is 2.44 bits per heavy atom. The number of aromatic nitrogens is 2. The van der Waals surface area contributed by atoms with Crippen molar-refractivity contribution in [3.8, 4) is 0 Å². The van der Waals surface area contributed by atoms with Gasteiger partial charge in [-0.05, 0) is 37.3 Å². The molecule has 2 aromatic carbocycles. The Morgan fingerprint density at radius 1 is 1.15 bits per heavy atom. The molecule has 1 aromatic heterocycles. The molecule has 8 nitrogen and oxygen atoms in total. The summed E-state index contributed by atoms with van der Waals surface area (Å²) in [5.74, 6) is -0.523. The summed E-state index contributed by atoms with van der Waals surface area (Å²) in [4.78, 5) is 39.5. The first-order valence-corrected chi connectivity index (χ1v) is 8.06. The lowest BCUT2D eigenvalue weighted by Gasteiger charge is -2.08. The summed E-state index contributed by atoms with van der Waals surface area (Å²) in [6.45, 7) is 1.58. The molecule has 0 spiro atoms. The number of para-hydroxylation sites is 1. The van der Waals surface area contributed by atoms with Crippen molar-refractivity contribution in [1.29, 1.82) is 0 Å².